The lowest BCUT2D eigenvalue weighted by Gasteiger charge is -2.40. The van der Waals surface area contributed by atoms with E-state index in [0.29, 0.717) is 6.54 Å². The number of aromatic nitrogens is 2. The van der Waals surface area contributed by atoms with E-state index < -0.39 is 16.1 Å². The summed E-state index contributed by atoms with van der Waals surface area (Å²) in [6.07, 6.45) is 5.59. The van der Waals surface area contributed by atoms with Crippen molar-refractivity contribution in [3.63, 3.8) is 0 Å². The van der Waals surface area contributed by atoms with Crippen molar-refractivity contribution in [3.05, 3.63) is 40.3 Å². The van der Waals surface area contributed by atoms with E-state index >= 15 is 0 Å². The minimum absolute atomic E-state index is 0.0491. The fraction of sp³-hybridized carbons (Fsp3) is 0.652. The number of fused-ring (bicyclic) bond motifs is 3. The molecule has 2 aromatic heterocycles. The Hall–Kier alpha value is -2.21. The number of piperidine rings is 1. The van der Waals surface area contributed by atoms with E-state index in [1.807, 2.05) is 32.2 Å². The fourth-order valence-electron chi connectivity index (χ4n) is 5.46. The van der Waals surface area contributed by atoms with Gasteiger partial charge in [-0.25, -0.2) is 17.4 Å². The molecule has 34 heavy (non-hydrogen) atoms. The summed E-state index contributed by atoms with van der Waals surface area (Å²) in [5, 5.41) is 13.6. The number of hydrogen-bond donors (Lipinski definition) is 2. The molecule has 11 heteroatoms. The van der Waals surface area contributed by atoms with Crippen LogP contribution in [0.5, 0.6) is 0 Å². The average Bonchev–Trinajstić information content (AvgIpc) is 3.27. The van der Waals surface area contributed by atoms with Crippen LogP contribution in [0.15, 0.2) is 29.2 Å². The lowest BCUT2D eigenvalue weighted by atomic mass is 9.96. The first kappa shape index (κ1) is 24.9. The Labute approximate surface area is 200 Å². The van der Waals surface area contributed by atoms with Crippen LogP contribution in [0, 0.1) is 0 Å². The van der Waals surface area contributed by atoms with Gasteiger partial charge in [0.15, 0.2) is 0 Å². The van der Waals surface area contributed by atoms with Gasteiger partial charge in [0.25, 0.3) is 11.5 Å². The number of nitrogens with one attached hydrogen (secondary N) is 1. The van der Waals surface area contributed by atoms with E-state index in [-0.39, 0.29) is 47.7 Å². The van der Waals surface area contributed by atoms with E-state index in [9.17, 15) is 23.1 Å². The van der Waals surface area contributed by atoms with Gasteiger partial charge in [-0.1, -0.05) is 0 Å². The summed E-state index contributed by atoms with van der Waals surface area (Å²) in [4.78, 5) is 28.5. The summed E-state index contributed by atoms with van der Waals surface area (Å²) in [7, 11) is -1.88. The smallest absolute Gasteiger partial charge is 0.278 e. The minimum Gasteiger partial charge on any atom is -0.390 e. The Kier molecular flexibility index (Phi) is 6.92. The Morgan fingerprint density at radius 2 is 1.91 bits per heavy atom. The van der Waals surface area contributed by atoms with Gasteiger partial charge in [-0.2, -0.15) is 0 Å². The molecule has 188 valence electrons. The highest BCUT2D eigenvalue weighted by atomic mass is 32.2. The summed E-state index contributed by atoms with van der Waals surface area (Å²) in [5.41, 5.74) is 0.630. The van der Waals surface area contributed by atoms with Crippen LogP contribution in [0.1, 0.15) is 55.9 Å². The normalized spacial score (nSPS) is 24.3. The molecule has 0 aliphatic carbocycles. The number of likely N-dealkylation sites (N-methyl/N-ethyl adjacent to an activating group) is 1. The first-order valence-corrected chi connectivity index (χ1v) is 13.7. The first-order valence-electron chi connectivity index (χ1n) is 11.8. The van der Waals surface area contributed by atoms with Gasteiger partial charge in [0, 0.05) is 50.5 Å². The molecule has 0 aromatic carbocycles. The van der Waals surface area contributed by atoms with E-state index in [0.717, 1.165) is 37.5 Å². The molecule has 2 unspecified atom stereocenters. The lowest BCUT2D eigenvalue weighted by molar-refractivity contribution is 0.0448. The SMILES string of the molecule is CC(C)n1c(=O)c(C(=O)NC2CC3CCC(C2)N3C[C@@H](O)CN(C)S(C)(=O)=O)cc2cccn21. The zero-order valence-electron chi connectivity index (χ0n) is 20.2. The number of rotatable bonds is 8. The van der Waals surface area contributed by atoms with E-state index in [4.69, 9.17) is 0 Å². The second-order valence-electron chi connectivity index (χ2n) is 10.0. The molecule has 0 spiro atoms. The average molecular weight is 494 g/mol. The molecule has 2 saturated heterocycles. The van der Waals surface area contributed by atoms with Crippen LogP contribution in [-0.2, 0) is 10.0 Å². The maximum absolute atomic E-state index is 13.1. The number of aliphatic hydroxyl groups is 1. The van der Waals surface area contributed by atoms with Crippen molar-refractivity contribution in [2.45, 2.75) is 69.8 Å². The Balaban J connectivity index is 1.42. The van der Waals surface area contributed by atoms with Gasteiger partial charge < -0.3 is 10.4 Å². The van der Waals surface area contributed by atoms with Gasteiger partial charge in [-0.05, 0) is 57.7 Å². The first-order chi connectivity index (χ1) is 16.0. The number of hydrogen-bond acceptors (Lipinski definition) is 6. The van der Waals surface area contributed by atoms with Gasteiger partial charge in [0.05, 0.1) is 17.9 Å². The Morgan fingerprint density at radius 1 is 1.26 bits per heavy atom. The molecule has 2 fully saturated rings. The summed E-state index contributed by atoms with van der Waals surface area (Å²) in [6, 6.07) is 5.65. The number of nitrogens with zero attached hydrogens (tertiary/aromatic N) is 4. The molecule has 2 aliphatic rings. The van der Waals surface area contributed by atoms with Crippen LogP contribution >= 0.6 is 0 Å². The zero-order valence-corrected chi connectivity index (χ0v) is 21.0. The third-order valence-electron chi connectivity index (χ3n) is 7.13. The van der Waals surface area contributed by atoms with Gasteiger partial charge in [0.2, 0.25) is 10.0 Å². The number of aliphatic hydroxyl groups excluding tert-OH is 1. The van der Waals surface area contributed by atoms with Crippen molar-refractivity contribution in [1.29, 1.82) is 0 Å². The van der Waals surface area contributed by atoms with Crippen LogP contribution in [0.4, 0.5) is 0 Å². The summed E-state index contributed by atoms with van der Waals surface area (Å²) < 4.78 is 27.8. The monoisotopic (exact) mass is 493 g/mol. The van der Waals surface area contributed by atoms with Crippen molar-refractivity contribution < 1.29 is 18.3 Å². The maximum atomic E-state index is 13.1. The molecular formula is C23H35N5O5S. The summed E-state index contributed by atoms with van der Waals surface area (Å²) in [5.74, 6) is -0.351. The van der Waals surface area contributed by atoms with Crippen LogP contribution in [0.25, 0.3) is 5.52 Å². The highest BCUT2D eigenvalue weighted by molar-refractivity contribution is 7.88. The van der Waals surface area contributed by atoms with Crippen LogP contribution in [0.2, 0.25) is 0 Å². The van der Waals surface area contributed by atoms with Crippen LogP contribution in [-0.4, -0.2) is 88.5 Å². The minimum atomic E-state index is -3.34. The van der Waals surface area contributed by atoms with Crippen molar-refractivity contribution in [2.24, 2.45) is 0 Å². The van der Waals surface area contributed by atoms with Crippen molar-refractivity contribution >= 4 is 21.4 Å². The van der Waals surface area contributed by atoms with Crippen molar-refractivity contribution in [1.82, 2.24) is 23.7 Å². The van der Waals surface area contributed by atoms with Gasteiger partial charge in [-0.15, -0.1) is 0 Å². The molecule has 4 rings (SSSR count). The summed E-state index contributed by atoms with van der Waals surface area (Å²) >= 11 is 0. The third-order valence-corrected chi connectivity index (χ3v) is 8.41. The van der Waals surface area contributed by atoms with E-state index in [1.165, 1.54) is 11.4 Å². The van der Waals surface area contributed by atoms with Crippen LogP contribution in [0.3, 0.4) is 0 Å². The number of carbonyl (C=O) groups excluding carboxylic acids is 1. The molecule has 10 nitrogen and oxygen atoms in total. The van der Waals surface area contributed by atoms with Gasteiger partial charge in [0.1, 0.15) is 5.56 Å². The van der Waals surface area contributed by atoms with Crippen molar-refractivity contribution in [2.75, 3.05) is 26.4 Å². The molecule has 2 aromatic rings. The molecule has 0 saturated carbocycles. The van der Waals surface area contributed by atoms with E-state index in [2.05, 4.69) is 10.2 Å². The molecule has 3 atom stereocenters. The predicted octanol–water partition coefficient (Wildman–Crippen LogP) is 0.659. The highest BCUT2D eigenvalue weighted by Crippen LogP contribution is 2.36. The third kappa shape index (κ3) is 4.93. The van der Waals surface area contributed by atoms with Gasteiger partial charge >= 0.3 is 0 Å². The van der Waals surface area contributed by atoms with Crippen LogP contribution < -0.4 is 10.9 Å². The topological polar surface area (TPSA) is 116 Å². The fourth-order valence-corrected chi connectivity index (χ4v) is 5.90. The Bertz CT molecular complexity index is 1210. The molecule has 4 heterocycles. The predicted molar refractivity (Wildman–Crippen MR) is 130 cm³/mol. The second kappa shape index (κ2) is 9.44. The Morgan fingerprint density at radius 3 is 2.50 bits per heavy atom. The van der Waals surface area contributed by atoms with E-state index in [1.54, 1.807) is 15.3 Å². The molecule has 2 aliphatic heterocycles. The lowest BCUT2D eigenvalue weighted by Crippen LogP contribution is -2.53. The number of amides is 1. The molecule has 1 amide bonds. The largest absolute Gasteiger partial charge is 0.390 e. The molecular weight excluding hydrogens is 458 g/mol. The standard InChI is InChI=1S/C23H35N5O5S/c1-15(2)28-23(31)21(12-19-6-5-9-27(19)28)22(30)24-16-10-17-7-8-18(11-16)26(17)14-20(29)13-25(3)34(4,32)33/h5-6,9,12,15-18,20,29H,7-8,10-11,13-14H2,1-4H3,(H,24,30)/t16?,17?,18?,20-/m0/s1. The molecule has 0 radical (unpaired) electrons. The zero-order chi connectivity index (χ0) is 24.8. The summed E-state index contributed by atoms with van der Waals surface area (Å²) in [6.45, 7) is 4.29. The number of sulfonamides is 1. The molecule has 2 N–H and O–H groups in total. The quantitative estimate of drug-likeness (QED) is 0.558. The van der Waals surface area contributed by atoms with Gasteiger partial charge in [-0.3, -0.25) is 19.0 Å². The van der Waals surface area contributed by atoms with Crippen molar-refractivity contribution in [3.8, 4) is 0 Å². The number of carbonyl (C=O) groups is 1. The highest BCUT2D eigenvalue weighted by Gasteiger charge is 2.42. The second-order valence-corrected chi connectivity index (χ2v) is 12.1. The maximum Gasteiger partial charge on any atom is 0.278 e. The molecule has 2 bridgehead atoms.